The molecular weight excluding hydrogens is 261 g/mol. The zero-order chi connectivity index (χ0) is 14.1. The summed E-state index contributed by atoms with van der Waals surface area (Å²) in [6.07, 6.45) is 4.23. The number of hydrogen-bond donors (Lipinski definition) is 1. The van der Waals surface area contributed by atoms with E-state index in [1.165, 1.54) is 0 Å². The van der Waals surface area contributed by atoms with E-state index in [4.69, 9.17) is 0 Å². The molecule has 0 radical (unpaired) electrons. The molecule has 2 saturated heterocycles. The van der Waals surface area contributed by atoms with Gasteiger partial charge in [0.1, 0.15) is 5.69 Å². The smallest absolute Gasteiger partial charge is 0.327 e. The molecule has 0 bridgehead atoms. The van der Waals surface area contributed by atoms with E-state index >= 15 is 0 Å². The number of halogens is 1. The van der Waals surface area contributed by atoms with Crippen molar-refractivity contribution in [3.05, 3.63) is 34.1 Å². The first-order chi connectivity index (χ1) is 9.68. The molecule has 0 aliphatic carbocycles. The zero-order valence-electron chi connectivity index (χ0n) is 11.2. The van der Waals surface area contributed by atoms with Gasteiger partial charge in [-0.1, -0.05) is 6.07 Å². The molecule has 108 valence electrons. The minimum Gasteiger partial charge on any atom is -0.361 e. The molecule has 1 N–H and O–H groups in total. The number of nitro benzene ring substituents is 1. The van der Waals surface area contributed by atoms with Gasteiger partial charge in [0.25, 0.3) is 0 Å². The van der Waals surface area contributed by atoms with E-state index in [1.807, 2.05) is 4.90 Å². The molecular formula is C14H18FN3O2. The number of anilines is 1. The summed E-state index contributed by atoms with van der Waals surface area (Å²) in [5.41, 5.74) is 0.0311. The van der Waals surface area contributed by atoms with E-state index in [9.17, 15) is 14.5 Å². The highest BCUT2D eigenvalue weighted by atomic mass is 19.1. The second-order valence-electron chi connectivity index (χ2n) is 5.47. The summed E-state index contributed by atoms with van der Waals surface area (Å²) < 4.78 is 13.8. The van der Waals surface area contributed by atoms with Crippen LogP contribution in [0.4, 0.5) is 15.8 Å². The van der Waals surface area contributed by atoms with Gasteiger partial charge in [0.2, 0.25) is 5.82 Å². The highest BCUT2D eigenvalue weighted by Crippen LogP contribution is 2.37. The van der Waals surface area contributed by atoms with Crippen LogP contribution in [0.15, 0.2) is 18.2 Å². The number of benzene rings is 1. The average Bonchev–Trinajstić information content (AvgIpc) is 3.08. The van der Waals surface area contributed by atoms with Crippen molar-refractivity contribution in [2.24, 2.45) is 0 Å². The summed E-state index contributed by atoms with van der Waals surface area (Å²) in [4.78, 5) is 12.6. The van der Waals surface area contributed by atoms with Crippen molar-refractivity contribution in [2.75, 3.05) is 18.0 Å². The molecule has 2 fully saturated rings. The van der Waals surface area contributed by atoms with Crippen molar-refractivity contribution in [3.63, 3.8) is 0 Å². The Morgan fingerprint density at radius 1 is 1.35 bits per heavy atom. The molecule has 2 atom stereocenters. The molecule has 1 aromatic rings. The maximum Gasteiger partial charge on any atom is 0.327 e. The van der Waals surface area contributed by atoms with Gasteiger partial charge in [-0.3, -0.25) is 10.1 Å². The van der Waals surface area contributed by atoms with E-state index in [-0.39, 0.29) is 6.04 Å². The second-order valence-corrected chi connectivity index (χ2v) is 5.47. The zero-order valence-corrected chi connectivity index (χ0v) is 11.2. The Labute approximate surface area is 116 Å². The molecule has 0 spiro atoms. The predicted octanol–water partition coefficient (Wildman–Crippen LogP) is 2.45. The maximum atomic E-state index is 13.8. The van der Waals surface area contributed by atoms with Crippen molar-refractivity contribution in [1.29, 1.82) is 0 Å². The molecule has 0 saturated carbocycles. The highest BCUT2D eigenvalue weighted by Gasteiger charge is 2.36. The Balaban J connectivity index is 1.95. The van der Waals surface area contributed by atoms with Gasteiger partial charge >= 0.3 is 5.69 Å². The molecule has 5 nitrogen and oxygen atoms in total. The lowest BCUT2D eigenvalue weighted by Gasteiger charge is -2.31. The van der Waals surface area contributed by atoms with Crippen LogP contribution in [0.1, 0.15) is 25.7 Å². The van der Waals surface area contributed by atoms with Crippen LogP contribution in [-0.2, 0) is 0 Å². The number of rotatable bonds is 3. The fourth-order valence-corrected chi connectivity index (χ4v) is 3.47. The lowest BCUT2D eigenvalue weighted by Crippen LogP contribution is -2.44. The molecule has 1 aromatic carbocycles. The number of para-hydroxylation sites is 1. The molecule has 3 rings (SSSR count). The summed E-state index contributed by atoms with van der Waals surface area (Å²) in [6.45, 7) is 1.76. The Morgan fingerprint density at radius 2 is 2.20 bits per heavy atom. The molecule has 0 aromatic heterocycles. The fraction of sp³-hybridized carbons (Fsp3) is 0.571. The van der Waals surface area contributed by atoms with Crippen molar-refractivity contribution in [1.82, 2.24) is 5.32 Å². The van der Waals surface area contributed by atoms with Crippen LogP contribution < -0.4 is 10.2 Å². The largest absolute Gasteiger partial charge is 0.361 e. The minimum atomic E-state index is -0.752. The van der Waals surface area contributed by atoms with Gasteiger partial charge in [0.15, 0.2) is 0 Å². The molecule has 6 heteroatoms. The van der Waals surface area contributed by atoms with Crippen LogP contribution in [0.5, 0.6) is 0 Å². The van der Waals surface area contributed by atoms with Crippen LogP contribution in [0.2, 0.25) is 0 Å². The Bertz CT molecular complexity index is 517. The van der Waals surface area contributed by atoms with Crippen molar-refractivity contribution in [3.8, 4) is 0 Å². The first-order valence-electron chi connectivity index (χ1n) is 7.11. The summed E-state index contributed by atoms with van der Waals surface area (Å²) in [6, 6.07) is 4.96. The first-order valence-corrected chi connectivity index (χ1v) is 7.11. The van der Waals surface area contributed by atoms with Gasteiger partial charge in [-0.25, -0.2) is 0 Å². The standard InChI is InChI=1S/C14H18FN3O2/c15-10-4-1-6-13(14(10)18(19)20)17-9-3-7-12(17)11-5-2-8-16-11/h1,4,6,11-12,16H,2-3,5,7-9H2. The summed E-state index contributed by atoms with van der Waals surface area (Å²) in [5, 5.41) is 14.6. The van der Waals surface area contributed by atoms with Crippen molar-refractivity contribution < 1.29 is 9.31 Å². The normalized spacial score (nSPS) is 26.1. The highest BCUT2D eigenvalue weighted by molar-refractivity contribution is 5.65. The fourth-order valence-electron chi connectivity index (χ4n) is 3.47. The van der Waals surface area contributed by atoms with Gasteiger partial charge in [-0.05, 0) is 44.4 Å². The summed E-state index contributed by atoms with van der Waals surface area (Å²) >= 11 is 0. The van der Waals surface area contributed by atoms with E-state index in [1.54, 1.807) is 12.1 Å². The average molecular weight is 279 g/mol. The van der Waals surface area contributed by atoms with Gasteiger partial charge < -0.3 is 10.2 Å². The lowest BCUT2D eigenvalue weighted by atomic mass is 10.0. The van der Waals surface area contributed by atoms with Gasteiger partial charge in [-0.2, -0.15) is 4.39 Å². The van der Waals surface area contributed by atoms with E-state index in [2.05, 4.69) is 5.32 Å². The SMILES string of the molecule is O=[N+]([O-])c1c(F)cccc1N1CCCC1C1CCCN1. The molecule has 2 unspecified atom stereocenters. The third kappa shape index (κ3) is 2.24. The van der Waals surface area contributed by atoms with Crippen LogP contribution >= 0.6 is 0 Å². The predicted molar refractivity (Wildman–Crippen MR) is 74.4 cm³/mol. The quantitative estimate of drug-likeness (QED) is 0.682. The van der Waals surface area contributed by atoms with Gasteiger partial charge in [-0.15, -0.1) is 0 Å². The molecule has 2 aliphatic rings. The third-order valence-electron chi connectivity index (χ3n) is 4.32. The molecule has 2 aliphatic heterocycles. The summed E-state index contributed by atoms with van der Waals surface area (Å²) in [5.74, 6) is -0.752. The van der Waals surface area contributed by atoms with Crippen LogP contribution in [0.3, 0.4) is 0 Å². The minimum absolute atomic E-state index is 0.234. The van der Waals surface area contributed by atoms with E-state index in [0.717, 1.165) is 44.8 Å². The topological polar surface area (TPSA) is 58.4 Å². The number of hydrogen-bond acceptors (Lipinski definition) is 4. The van der Waals surface area contributed by atoms with Crippen LogP contribution in [0.25, 0.3) is 0 Å². The number of nitro groups is 1. The van der Waals surface area contributed by atoms with Crippen LogP contribution in [0, 0.1) is 15.9 Å². The third-order valence-corrected chi connectivity index (χ3v) is 4.32. The Morgan fingerprint density at radius 3 is 2.90 bits per heavy atom. The maximum absolute atomic E-state index is 13.8. The van der Waals surface area contributed by atoms with Crippen molar-refractivity contribution in [2.45, 2.75) is 37.8 Å². The van der Waals surface area contributed by atoms with Gasteiger partial charge in [0.05, 0.1) is 4.92 Å². The van der Waals surface area contributed by atoms with Crippen molar-refractivity contribution >= 4 is 11.4 Å². The van der Waals surface area contributed by atoms with Gasteiger partial charge in [0, 0.05) is 18.6 Å². The monoisotopic (exact) mass is 279 g/mol. The molecule has 2 heterocycles. The lowest BCUT2D eigenvalue weighted by molar-refractivity contribution is -0.386. The number of nitrogens with zero attached hydrogens (tertiary/aromatic N) is 2. The molecule has 0 amide bonds. The summed E-state index contributed by atoms with van der Waals surface area (Å²) in [7, 11) is 0. The Hall–Kier alpha value is -1.69. The van der Waals surface area contributed by atoms with E-state index < -0.39 is 16.4 Å². The van der Waals surface area contributed by atoms with E-state index in [0.29, 0.717) is 11.7 Å². The number of nitrogens with one attached hydrogen (secondary N) is 1. The van der Waals surface area contributed by atoms with Crippen LogP contribution in [-0.4, -0.2) is 30.1 Å². The first kappa shape index (κ1) is 13.3. The Kier molecular flexibility index (Phi) is 3.56. The molecule has 20 heavy (non-hydrogen) atoms. The second kappa shape index (κ2) is 5.36.